The maximum atomic E-state index is 15.3. The molecule has 0 amide bonds. The second kappa shape index (κ2) is 8.39. The van der Waals surface area contributed by atoms with Gasteiger partial charge in [-0.15, -0.1) is 11.3 Å². The highest BCUT2D eigenvalue weighted by Gasteiger charge is 2.27. The SMILES string of the molecule is CCOC(=O)c1c(=O)c2cc(F)c(N3CCN(C(C)C)CC3)nc2n2c1sc1ccccc12. The van der Waals surface area contributed by atoms with Gasteiger partial charge in [0.05, 0.1) is 22.2 Å². The van der Waals surface area contributed by atoms with Crippen LogP contribution < -0.4 is 10.3 Å². The molecule has 5 rings (SSSR count). The number of fused-ring (bicyclic) bond motifs is 5. The van der Waals surface area contributed by atoms with Crippen molar-refractivity contribution in [3.8, 4) is 0 Å². The number of thiazole rings is 1. The Morgan fingerprint density at radius 3 is 2.64 bits per heavy atom. The monoisotopic (exact) mass is 468 g/mol. The summed E-state index contributed by atoms with van der Waals surface area (Å²) in [5.74, 6) is -1.03. The maximum Gasteiger partial charge on any atom is 0.345 e. The summed E-state index contributed by atoms with van der Waals surface area (Å²) in [7, 11) is 0. The summed E-state index contributed by atoms with van der Waals surface area (Å²) in [4.78, 5) is 35.5. The lowest BCUT2D eigenvalue weighted by Crippen LogP contribution is -2.49. The van der Waals surface area contributed by atoms with Gasteiger partial charge in [-0.05, 0) is 39.0 Å². The van der Waals surface area contributed by atoms with Crippen LogP contribution in [0.25, 0.3) is 26.1 Å². The molecule has 0 atom stereocenters. The Morgan fingerprint density at radius 1 is 1.21 bits per heavy atom. The Hall–Kier alpha value is -3.04. The molecule has 3 aromatic heterocycles. The van der Waals surface area contributed by atoms with Crippen LogP contribution in [-0.2, 0) is 4.74 Å². The molecule has 1 aliphatic rings. The standard InChI is InChI=1S/C24H25FN4O3S/c1-4-32-24(31)19-20(30)15-13-16(25)22(28-11-9-27(10-12-28)14(2)3)26-21(15)29-17-7-5-6-8-18(17)33-23(19)29/h5-8,13-14H,4,9-12H2,1-3H3. The number of nitrogens with zero attached hydrogens (tertiary/aromatic N) is 4. The molecule has 4 aromatic rings. The Labute approximate surface area is 194 Å². The van der Waals surface area contributed by atoms with Crippen LogP contribution in [0.3, 0.4) is 0 Å². The van der Waals surface area contributed by atoms with Gasteiger partial charge < -0.3 is 9.64 Å². The minimum atomic E-state index is -0.706. The molecule has 1 aliphatic heterocycles. The maximum absolute atomic E-state index is 15.3. The Bertz CT molecular complexity index is 1440. The lowest BCUT2D eigenvalue weighted by atomic mass is 10.1. The Morgan fingerprint density at radius 2 is 1.94 bits per heavy atom. The van der Waals surface area contributed by atoms with E-state index in [9.17, 15) is 9.59 Å². The van der Waals surface area contributed by atoms with Crippen molar-refractivity contribution < 1.29 is 13.9 Å². The summed E-state index contributed by atoms with van der Waals surface area (Å²) in [6.07, 6.45) is 0. The Kier molecular flexibility index (Phi) is 5.54. The minimum absolute atomic E-state index is 0.0705. The van der Waals surface area contributed by atoms with Crippen LogP contribution in [0.2, 0.25) is 0 Å². The average Bonchev–Trinajstić information content (AvgIpc) is 3.18. The number of hydrogen-bond acceptors (Lipinski definition) is 7. The van der Waals surface area contributed by atoms with E-state index in [2.05, 4.69) is 23.7 Å². The van der Waals surface area contributed by atoms with Crippen molar-refractivity contribution in [2.75, 3.05) is 37.7 Å². The number of piperazine rings is 1. The summed E-state index contributed by atoms with van der Waals surface area (Å²) in [5.41, 5.74) is 0.522. The van der Waals surface area contributed by atoms with E-state index in [1.165, 1.54) is 17.4 Å². The zero-order valence-electron chi connectivity index (χ0n) is 18.8. The smallest absolute Gasteiger partial charge is 0.345 e. The first-order valence-electron chi connectivity index (χ1n) is 11.1. The molecule has 0 saturated carbocycles. The number of pyridine rings is 2. The van der Waals surface area contributed by atoms with Crippen LogP contribution in [0.15, 0.2) is 35.1 Å². The number of anilines is 1. The lowest BCUT2D eigenvalue weighted by molar-refractivity contribution is 0.0527. The highest BCUT2D eigenvalue weighted by Crippen LogP contribution is 2.32. The van der Waals surface area contributed by atoms with Crippen LogP contribution in [0.5, 0.6) is 0 Å². The summed E-state index contributed by atoms with van der Waals surface area (Å²) in [6.45, 7) is 9.05. The van der Waals surface area contributed by atoms with Crippen molar-refractivity contribution in [2.24, 2.45) is 0 Å². The molecule has 0 N–H and O–H groups in total. The van der Waals surface area contributed by atoms with E-state index in [1.54, 1.807) is 11.3 Å². The predicted octanol–water partition coefficient (Wildman–Crippen LogP) is 3.91. The second-order valence-corrected chi connectivity index (χ2v) is 9.45. The first kappa shape index (κ1) is 21.8. The van der Waals surface area contributed by atoms with E-state index in [1.807, 2.05) is 29.2 Å². The number of aromatic nitrogens is 2. The molecule has 0 unspecified atom stereocenters. The van der Waals surface area contributed by atoms with Crippen molar-refractivity contribution in [3.05, 3.63) is 51.9 Å². The average molecular weight is 469 g/mol. The van der Waals surface area contributed by atoms with Gasteiger partial charge in [-0.1, -0.05) is 12.1 Å². The number of para-hydroxylation sites is 1. The molecule has 7 nitrogen and oxygen atoms in total. The molecular weight excluding hydrogens is 443 g/mol. The van der Waals surface area contributed by atoms with Gasteiger partial charge in [0.2, 0.25) is 5.43 Å². The second-order valence-electron chi connectivity index (χ2n) is 8.42. The summed E-state index contributed by atoms with van der Waals surface area (Å²) in [5, 5.41) is 0.0705. The molecule has 33 heavy (non-hydrogen) atoms. The van der Waals surface area contributed by atoms with E-state index >= 15 is 4.39 Å². The van der Waals surface area contributed by atoms with E-state index in [0.717, 1.165) is 23.3 Å². The molecule has 1 saturated heterocycles. The summed E-state index contributed by atoms with van der Waals surface area (Å²) >= 11 is 1.33. The van der Waals surface area contributed by atoms with Crippen molar-refractivity contribution in [3.63, 3.8) is 0 Å². The zero-order chi connectivity index (χ0) is 23.3. The van der Waals surface area contributed by atoms with Gasteiger partial charge in [0.25, 0.3) is 0 Å². The highest BCUT2D eigenvalue weighted by atomic mass is 32.1. The number of esters is 1. The molecular formula is C24H25FN4O3S. The van der Waals surface area contributed by atoms with Gasteiger partial charge in [-0.3, -0.25) is 14.1 Å². The number of benzene rings is 1. The number of ether oxygens (including phenoxy) is 1. The molecule has 0 spiro atoms. The van der Waals surface area contributed by atoms with E-state index < -0.39 is 17.2 Å². The molecule has 1 aromatic carbocycles. The van der Waals surface area contributed by atoms with Crippen molar-refractivity contribution >= 4 is 49.2 Å². The predicted molar refractivity (Wildman–Crippen MR) is 129 cm³/mol. The van der Waals surface area contributed by atoms with E-state index in [4.69, 9.17) is 4.74 Å². The zero-order valence-corrected chi connectivity index (χ0v) is 19.6. The molecule has 0 radical (unpaired) electrons. The summed E-state index contributed by atoms with van der Waals surface area (Å²) in [6, 6.07) is 9.26. The topological polar surface area (TPSA) is 67.2 Å². The molecule has 172 valence electrons. The van der Waals surface area contributed by atoms with Crippen LogP contribution in [0, 0.1) is 5.82 Å². The van der Waals surface area contributed by atoms with Gasteiger partial charge in [0.1, 0.15) is 10.4 Å². The van der Waals surface area contributed by atoms with Crippen LogP contribution in [0.4, 0.5) is 10.2 Å². The van der Waals surface area contributed by atoms with Gasteiger partial charge in [0, 0.05) is 32.2 Å². The van der Waals surface area contributed by atoms with Crippen LogP contribution >= 0.6 is 11.3 Å². The highest BCUT2D eigenvalue weighted by molar-refractivity contribution is 7.24. The van der Waals surface area contributed by atoms with Crippen molar-refractivity contribution in [2.45, 2.75) is 26.8 Å². The van der Waals surface area contributed by atoms with Crippen molar-refractivity contribution in [1.29, 1.82) is 0 Å². The van der Waals surface area contributed by atoms with Gasteiger partial charge >= 0.3 is 5.97 Å². The number of hydrogen-bond donors (Lipinski definition) is 0. The number of carbonyl (C=O) groups excluding carboxylic acids is 1. The molecule has 1 fully saturated rings. The minimum Gasteiger partial charge on any atom is -0.462 e. The molecule has 0 bridgehead atoms. The Balaban J connectivity index is 1.77. The van der Waals surface area contributed by atoms with Gasteiger partial charge in [0.15, 0.2) is 17.3 Å². The third-order valence-corrected chi connectivity index (χ3v) is 7.32. The fourth-order valence-corrected chi connectivity index (χ4v) is 5.63. The summed E-state index contributed by atoms with van der Waals surface area (Å²) < 4.78 is 23.1. The fraction of sp³-hybridized carbons (Fsp3) is 0.375. The van der Waals surface area contributed by atoms with Gasteiger partial charge in [-0.2, -0.15) is 0 Å². The first-order chi connectivity index (χ1) is 15.9. The molecule has 4 heterocycles. The largest absolute Gasteiger partial charge is 0.462 e. The molecule has 9 heteroatoms. The number of rotatable bonds is 4. The van der Waals surface area contributed by atoms with Crippen LogP contribution in [-0.4, -0.2) is 59.1 Å². The van der Waals surface area contributed by atoms with E-state index in [-0.39, 0.29) is 23.4 Å². The third-order valence-electron chi connectivity index (χ3n) is 6.17. The fourth-order valence-electron chi connectivity index (χ4n) is 4.45. The van der Waals surface area contributed by atoms with Gasteiger partial charge in [-0.25, -0.2) is 14.2 Å². The quantitative estimate of drug-likeness (QED) is 0.423. The number of halogens is 1. The van der Waals surface area contributed by atoms with E-state index in [0.29, 0.717) is 29.6 Å². The normalized spacial score (nSPS) is 15.2. The first-order valence-corrected chi connectivity index (χ1v) is 11.9. The van der Waals surface area contributed by atoms with Crippen LogP contribution in [0.1, 0.15) is 31.1 Å². The third kappa shape index (κ3) is 3.55. The lowest BCUT2D eigenvalue weighted by Gasteiger charge is -2.37. The molecule has 0 aliphatic carbocycles. The van der Waals surface area contributed by atoms with Crippen molar-refractivity contribution in [1.82, 2.24) is 14.3 Å². The number of carbonyl (C=O) groups is 1.